The molecule has 142 valence electrons. The molecule has 1 aromatic carbocycles. The number of rotatable bonds is 3. The molecule has 28 heavy (non-hydrogen) atoms. The summed E-state index contributed by atoms with van der Waals surface area (Å²) in [6.07, 6.45) is 4.18. The lowest BCUT2D eigenvalue weighted by Crippen LogP contribution is -2.18. The third-order valence-corrected chi connectivity index (χ3v) is 5.45. The first kappa shape index (κ1) is 16.9. The van der Waals surface area contributed by atoms with Gasteiger partial charge < -0.3 is 10.2 Å². The summed E-state index contributed by atoms with van der Waals surface area (Å²) in [6.45, 7) is 4.18. The largest absolute Gasteiger partial charge is 0.355 e. The number of amides is 1. The normalized spacial score (nSPS) is 15.8. The number of benzene rings is 1. The fraction of sp³-hybridized carbons (Fsp3) is 0.286. The molecular weight excluding hydrogens is 357 g/mol. The Kier molecular flexibility index (Phi) is 3.89. The van der Waals surface area contributed by atoms with Crippen LogP contribution in [0.3, 0.4) is 0 Å². The number of nitrogens with zero attached hydrogens (tertiary/aromatic N) is 4. The predicted octanol–water partition coefficient (Wildman–Crippen LogP) is 3.23. The number of carbonyl (C=O) groups is 1. The Hall–Kier alpha value is -3.22. The second-order valence-electron chi connectivity index (χ2n) is 7.28. The van der Waals surface area contributed by atoms with E-state index in [4.69, 9.17) is 5.10 Å². The van der Waals surface area contributed by atoms with Crippen LogP contribution in [-0.2, 0) is 6.54 Å². The quantitative estimate of drug-likeness (QED) is 0.761. The molecule has 1 saturated heterocycles. The van der Waals surface area contributed by atoms with E-state index < -0.39 is 0 Å². The van der Waals surface area contributed by atoms with Gasteiger partial charge in [-0.05, 0) is 37.5 Å². The molecule has 2 aliphatic heterocycles. The number of halogens is 1. The molecule has 0 atom stereocenters. The van der Waals surface area contributed by atoms with Crippen molar-refractivity contribution < 1.29 is 9.18 Å². The van der Waals surface area contributed by atoms with Crippen molar-refractivity contribution >= 4 is 11.7 Å². The van der Waals surface area contributed by atoms with Gasteiger partial charge in [-0.1, -0.05) is 12.1 Å². The maximum atomic E-state index is 14.6. The zero-order valence-electron chi connectivity index (χ0n) is 15.6. The van der Waals surface area contributed by atoms with Crippen LogP contribution in [-0.4, -0.2) is 33.8 Å². The molecule has 2 aromatic heterocycles. The van der Waals surface area contributed by atoms with Crippen molar-refractivity contribution in [3.63, 3.8) is 0 Å². The van der Waals surface area contributed by atoms with Crippen LogP contribution < -0.4 is 10.2 Å². The van der Waals surface area contributed by atoms with Crippen LogP contribution >= 0.6 is 0 Å². The van der Waals surface area contributed by atoms with Crippen LogP contribution in [0.4, 0.5) is 10.2 Å². The lowest BCUT2D eigenvalue weighted by Gasteiger charge is -2.14. The van der Waals surface area contributed by atoms with Crippen molar-refractivity contribution in [2.24, 2.45) is 0 Å². The second-order valence-corrected chi connectivity index (χ2v) is 7.28. The van der Waals surface area contributed by atoms with Crippen molar-refractivity contribution in [1.29, 1.82) is 0 Å². The smallest absolute Gasteiger partial charge is 0.255 e. The van der Waals surface area contributed by atoms with Crippen LogP contribution in [0.25, 0.3) is 16.9 Å². The van der Waals surface area contributed by atoms with Crippen molar-refractivity contribution in [3.05, 3.63) is 59.2 Å². The van der Waals surface area contributed by atoms with Gasteiger partial charge in [0, 0.05) is 30.9 Å². The molecular formula is C21H20FN5O. The van der Waals surface area contributed by atoms with Crippen LogP contribution in [0.1, 0.15) is 34.5 Å². The SMILES string of the molecule is Cc1cccc(F)c1-c1cc(-n2ccc(N3CCCC3)n2)c2c(n1)CNC2=O. The molecule has 0 aliphatic carbocycles. The summed E-state index contributed by atoms with van der Waals surface area (Å²) in [4.78, 5) is 19.3. The monoisotopic (exact) mass is 377 g/mol. The lowest BCUT2D eigenvalue weighted by molar-refractivity contribution is 0.0965. The summed E-state index contributed by atoms with van der Waals surface area (Å²) >= 11 is 0. The highest BCUT2D eigenvalue weighted by molar-refractivity contribution is 6.01. The van der Waals surface area contributed by atoms with E-state index in [0.717, 1.165) is 37.3 Å². The van der Waals surface area contributed by atoms with Gasteiger partial charge in [0.25, 0.3) is 5.91 Å². The molecule has 0 radical (unpaired) electrons. The summed E-state index contributed by atoms with van der Waals surface area (Å²) in [5.74, 6) is 0.395. The number of carbonyl (C=O) groups excluding carboxylic acids is 1. The van der Waals surface area contributed by atoms with Crippen molar-refractivity contribution in [2.45, 2.75) is 26.3 Å². The fourth-order valence-corrected chi connectivity index (χ4v) is 4.04. The molecule has 7 heteroatoms. The van der Waals surface area contributed by atoms with E-state index in [1.165, 1.54) is 6.07 Å². The second kappa shape index (κ2) is 6.44. The number of hydrogen-bond acceptors (Lipinski definition) is 4. The minimum absolute atomic E-state index is 0.174. The van der Waals surface area contributed by atoms with E-state index >= 15 is 0 Å². The van der Waals surface area contributed by atoms with E-state index in [9.17, 15) is 9.18 Å². The van der Waals surface area contributed by atoms with Gasteiger partial charge in [0.15, 0.2) is 5.82 Å². The van der Waals surface area contributed by atoms with Gasteiger partial charge in [-0.15, -0.1) is 0 Å². The minimum Gasteiger partial charge on any atom is -0.355 e. The predicted molar refractivity (Wildman–Crippen MR) is 104 cm³/mol. The van der Waals surface area contributed by atoms with Crippen LogP contribution in [0.5, 0.6) is 0 Å². The van der Waals surface area contributed by atoms with Gasteiger partial charge in [0.05, 0.1) is 29.2 Å². The van der Waals surface area contributed by atoms with E-state index in [1.807, 2.05) is 25.3 Å². The fourth-order valence-electron chi connectivity index (χ4n) is 4.04. The highest BCUT2D eigenvalue weighted by atomic mass is 19.1. The average molecular weight is 377 g/mol. The Morgan fingerprint density at radius 2 is 1.96 bits per heavy atom. The Bertz CT molecular complexity index is 1060. The highest BCUT2D eigenvalue weighted by Crippen LogP contribution is 2.31. The maximum Gasteiger partial charge on any atom is 0.255 e. The topological polar surface area (TPSA) is 63.1 Å². The summed E-state index contributed by atoms with van der Waals surface area (Å²) < 4.78 is 16.3. The number of pyridine rings is 1. The first-order chi connectivity index (χ1) is 13.6. The summed E-state index contributed by atoms with van der Waals surface area (Å²) in [5.41, 5.74) is 3.53. The maximum absolute atomic E-state index is 14.6. The first-order valence-electron chi connectivity index (χ1n) is 9.50. The van der Waals surface area contributed by atoms with Gasteiger partial charge in [-0.2, -0.15) is 5.10 Å². The molecule has 3 aromatic rings. The number of anilines is 1. The molecule has 0 unspecified atom stereocenters. The standard InChI is InChI=1S/C21H20FN5O/c1-13-5-4-6-14(22)19(13)15-11-17(20-16(24-15)12-23-21(20)28)27-10-7-18(25-27)26-8-2-3-9-26/h4-7,10-11H,2-3,8-9,12H2,1H3,(H,23,28). The number of aromatic nitrogens is 3. The Labute approximate surface area is 162 Å². The molecule has 1 N–H and O–H groups in total. The van der Waals surface area contributed by atoms with Gasteiger partial charge in [0.2, 0.25) is 0 Å². The summed E-state index contributed by atoms with van der Waals surface area (Å²) in [7, 11) is 0. The average Bonchev–Trinajstić information content (AvgIpc) is 3.42. The van der Waals surface area contributed by atoms with Gasteiger partial charge in [0.1, 0.15) is 5.82 Å². The third kappa shape index (κ3) is 2.66. The van der Waals surface area contributed by atoms with E-state index in [1.54, 1.807) is 16.8 Å². The zero-order valence-corrected chi connectivity index (χ0v) is 15.6. The van der Waals surface area contributed by atoms with Gasteiger partial charge in [-0.3, -0.25) is 4.79 Å². The number of fused-ring (bicyclic) bond motifs is 1. The van der Waals surface area contributed by atoms with Crippen LogP contribution in [0.2, 0.25) is 0 Å². The molecule has 2 aliphatic rings. The van der Waals surface area contributed by atoms with Crippen molar-refractivity contribution in [1.82, 2.24) is 20.1 Å². The van der Waals surface area contributed by atoms with Gasteiger partial charge >= 0.3 is 0 Å². The molecule has 0 saturated carbocycles. The first-order valence-corrected chi connectivity index (χ1v) is 9.50. The zero-order chi connectivity index (χ0) is 19.3. The number of nitrogens with one attached hydrogen (secondary N) is 1. The Morgan fingerprint density at radius 3 is 2.75 bits per heavy atom. The number of aryl methyl sites for hydroxylation is 1. The molecule has 6 nitrogen and oxygen atoms in total. The van der Waals surface area contributed by atoms with Crippen molar-refractivity contribution in [2.75, 3.05) is 18.0 Å². The Balaban J connectivity index is 1.67. The molecule has 1 amide bonds. The molecule has 4 heterocycles. The van der Waals surface area contributed by atoms with E-state index in [0.29, 0.717) is 34.7 Å². The third-order valence-electron chi connectivity index (χ3n) is 5.45. The highest BCUT2D eigenvalue weighted by Gasteiger charge is 2.28. The van der Waals surface area contributed by atoms with Crippen LogP contribution in [0.15, 0.2) is 36.5 Å². The van der Waals surface area contributed by atoms with Crippen LogP contribution in [0, 0.1) is 12.7 Å². The molecule has 1 fully saturated rings. The molecule has 5 rings (SSSR count). The van der Waals surface area contributed by atoms with E-state index in [-0.39, 0.29) is 11.7 Å². The minimum atomic E-state index is -0.325. The lowest BCUT2D eigenvalue weighted by atomic mass is 10.0. The molecule has 0 bridgehead atoms. The van der Waals surface area contributed by atoms with E-state index in [2.05, 4.69) is 15.2 Å². The summed E-state index contributed by atoms with van der Waals surface area (Å²) in [5, 5.41) is 7.51. The summed E-state index contributed by atoms with van der Waals surface area (Å²) in [6, 6.07) is 8.69. The molecule has 0 spiro atoms. The van der Waals surface area contributed by atoms with Crippen molar-refractivity contribution in [3.8, 4) is 16.9 Å². The Morgan fingerprint density at radius 1 is 1.14 bits per heavy atom. The number of hydrogen-bond donors (Lipinski definition) is 1. The van der Waals surface area contributed by atoms with Gasteiger partial charge in [-0.25, -0.2) is 14.1 Å².